The van der Waals surface area contributed by atoms with E-state index in [2.05, 4.69) is 35.0 Å². The Labute approximate surface area is 103 Å². The van der Waals surface area contributed by atoms with E-state index in [1.807, 2.05) is 7.11 Å². The monoisotopic (exact) mass is 232 g/mol. The quantitative estimate of drug-likeness (QED) is 0.797. The number of hydrogen-bond acceptors (Lipinski definition) is 3. The van der Waals surface area contributed by atoms with Gasteiger partial charge in [0.2, 0.25) is 0 Å². The molecule has 0 aromatic carbocycles. The molecular weight excluding hydrogens is 212 g/mol. The number of piperidine rings is 1. The van der Waals surface area contributed by atoms with Gasteiger partial charge in [-0.15, -0.1) is 0 Å². The molecule has 1 aliphatic heterocycles. The highest BCUT2D eigenvalue weighted by Gasteiger charge is 2.46. The number of fused-ring (bicyclic) bond motifs is 2. The summed E-state index contributed by atoms with van der Waals surface area (Å²) in [5.41, 5.74) is 2.29. The molecular formula is C14H20N2O. The molecule has 1 saturated heterocycles. The summed E-state index contributed by atoms with van der Waals surface area (Å²) in [6.07, 6.45) is 3.08. The molecule has 1 aromatic heterocycles. The molecule has 1 aromatic rings. The van der Waals surface area contributed by atoms with Gasteiger partial charge in [0.05, 0.1) is 11.8 Å². The van der Waals surface area contributed by atoms with Crippen LogP contribution in [0.2, 0.25) is 0 Å². The number of aryl methyl sites for hydroxylation is 1. The first kappa shape index (κ1) is 11.2. The number of pyridine rings is 1. The lowest BCUT2D eigenvalue weighted by atomic mass is 10.1. The lowest BCUT2D eigenvalue weighted by Crippen LogP contribution is -2.34. The Bertz CT molecular complexity index is 407. The minimum absolute atomic E-state index is 0.458. The Morgan fingerprint density at radius 2 is 2.29 bits per heavy atom. The first-order valence-electron chi connectivity index (χ1n) is 6.47. The average molecular weight is 232 g/mol. The maximum Gasteiger partial charge on any atom is 0.0766 e. The van der Waals surface area contributed by atoms with E-state index >= 15 is 0 Å². The smallest absolute Gasteiger partial charge is 0.0766 e. The molecule has 3 nitrogen and oxygen atoms in total. The Morgan fingerprint density at radius 3 is 3.00 bits per heavy atom. The summed E-state index contributed by atoms with van der Waals surface area (Å²) >= 11 is 0. The first-order valence-corrected chi connectivity index (χ1v) is 6.47. The fraction of sp³-hybridized carbons (Fsp3) is 0.643. The molecule has 2 heterocycles. The van der Waals surface area contributed by atoms with Crippen LogP contribution >= 0.6 is 0 Å². The molecule has 3 heteroatoms. The predicted octanol–water partition coefficient (Wildman–Crippen LogP) is 2.00. The van der Waals surface area contributed by atoms with Gasteiger partial charge >= 0.3 is 0 Å². The minimum atomic E-state index is 0.458. The molecule has 2 fully saturated rings. The molecule has 3 atom stereocenters. The van der Waals surface area contributed by atoms with Crippen LogP contribution in [-0.4, -0.2) is 35.7 Å². The van der Waals surface area contributed by atoms with Crippen molar-refractivity contribution in [3.63, 3.8) is 0 Å². The molecule has 0 spiro atoms. The number of methoxy groups -OCH3 is 1. The summed E-state index contributed by atoms with van der Waals surface area (Å²) in [4.78, 5) is 7.13. The Morgan fingerprint density at radius 1 is 1.41 bits per heavy atom. The van der Waals surface area contributed by atoms with Crippen molar-refractivity contribution >= 4 is 0 Å². The zero-order valence-electron chi connectivity index (χ0n) is 10.6. The number of aromatic nitrogens is 1. The number of hydrogen-bond donors (Lipinski definition) is 0. The van der Waals surface area contributed by atoms with E-state index in [4.69, 9.17) is 4.74 Å². The maximum atomic E-state index is 5.63. The zero-order valence-corrected chi connectivity index (χ0v) is 10.6. The van der Waals surface area contributed by atoms with E-state index in [9.17, 15) is 0 Å². The lowest BCUT2D eigenvalue weighted by molar-refractivity contribution is 0.0678. The number of likely N-dealkylation sites (tertiary alicyclic amines) is 1. The van der Waals surface area contributed by atoms with E-state index in [1.165, 1.54) is 25.1 Å². The van der Waals surface area contributed by atoms with Gasteiger partial charge in [0.25, 0.3) is 0 Å². The van der Waals surface area contributed by atoms with Gasteiger partial charge in [-0.2, -0.15) is 0 Å². The topological polar surface area (TPSA) is 25.4 Å². The molecule has 92 valence electrons. The molecule has 17 heavy (non-hydrogen) atoms. The predicted molar refractivity (Wildman–Crippen MR) is 66.7 cm³/mol. The summed E-state index contributed by atoms with van der Waals surface area (Å²) < 4.78 is 5.63. The van der Waals surface area contributed by atoms with Crippen LogP contribution < -0.4 is 0 Å². The molecule has 1 saturated carbocycles. The van der Waals surface area contributed by atoms with Gasteiger partial charge in [0.15, 0.2) is 0 Å². The third-order valence-corrected chi connectivity index (χ3v) is 4.20. The van der Waals surface area contributed by atoms with E-state index in [0.717, 1.165) is 18.2 Å². The van der Waals surface area contributed by atoms with Crippen molar-refractivity contribution < 1.29 is 4.74 Å². The van der Waals surface area contributed by atoms with Gasteiger partial charge in [0.1, 0.15) is 0 Å². The SMILES string of the molecule is CO[C@H]1[C@H]2CC[C@H]1N(Cc1cccc(C)n1)C2. The molecule has 3 rings (SSSR count). The van der Waals surface area contributed by atoms with E-state index in [-0.39, 0.29) is 0 Å². The highest BCUT2D eigenvalue weighted by atomic mass is 16.5. The van der Waals surface area contributed by atoms with Gasteiger partial charge in [-0.25, -0.2) is 0 Å². The lowest BCUT2D eigenvalue weighted by Gasteiger charge is -2.26. The maximum absolute atomic E-state index is 5.63. The fourth-order valence-corrected chi connectivity index (χ4v) is 3.48. The van der Waals surface area contributed by atoms with Crippen LogP contribution in [0.15, 0.2) is 18.2 Å². The molecule has 2 aliphatic rings. The Balaban J connectivity index is 1.71. The van der Waals surface area contributed by atoms with Crippen LogP contribution in [0, 0.1) is 12.8 Å². The van der Waals surface area contributed by atoms with Crippen molar-refractivity contribution in [2.45, 2.75) is 38.5 Å². The highest BCUT2D eigenvalue weighted by Crippen LogP contribution is 2.39. The van der Waals surface area contributed by atoms with Crippen LogP contribution in [0.5, 0.6) is 0 Å². The van der Waals surface area contributed by atoms with Crippen molar-refractivity contribution in [2.24, 2.45) is 5.92 Å². The van der Waals surface area contributed by atoms with Gasteiger partial charge in [-0.3, -0.25) is 9.88 Å². The van der Waals surface area contributed by atoms with E-state index in [0.29, 0.717) is 12.1 Å². The zero-order chi connectivity index (χ0) is 11.8. The highest BCUT2D eigenvalue weighted by molar-refractivity contribution is 5.11. The summed E-state index contributed by atoms with van der Waals surface area (Å²) in [5, 5.41) is 0. The summed E-state index contributed by atoms with van der Waals surface area (Å²) in [6, 6.07) is 6.89. The number of nitrogens with zero attached hydrogens (tertiary/aromatic N) is 2. The minimum Gasteiger partial charge on any atom is -0.379 e. The third-order valence-electron chi connectivity index (χ3n) is 4.20. The molecule has 0 unspecified atom stereocenters. The van der Waals surface area contributed by atoms with Gasteiger partial charge in [0, 0.05) is 31.9 Å². The van der Waals surface area contributed by atoms with Gasteiger partial charge in [-0.05, 0) is 37.8 Å². The van der Waals surface area contributed by atoms with E-state index in [1.54, 1.807) is 0 Å². The molecule has 0 radical (unpaired) electrons. The van der Waals surface area contributed by atoms with Crippen LogP contribution in [0.1, 0.15) is 24.2 Å². The Kier molecular flexibility index (Phi) is 2.89. The molecule has 0 amide bonds. The van der Waals surface area contributed by atoms with Crippen LogP contribution in [-0.2, 0) is 11.3 Å². The normalized spacial score (nSPS) is 32.2. The molecule has 0 N–H and O–H groups in total. The second kappa shape index (κ2) is 4.39. The van der Waals surface area contributed by atoms with Crippen molar-refractivity contribution in [1.29, 1.82) is 0 Å². The number of rotatable bonds is 3. The van der Waals surface area contributed by atoms with E-state index < -0.39 is 0 Å². The third kappa shape index (κ3) is 1.98. The summed E-state index contributed by atoms with van der Waals surface area (Å²) in [5.74, 6) is 0.745. The van der Waals surface area contributed by atoms with Crippen molar-refractivity contribution in [3.05, 3.63) is 29.6 Å². The van der Waals surface area contributed by atoms with Crippen LogP contribution in [0.25, 0.3) is 0 Å². The molecule has 1 aliphatic carbocycles. The van der Waals surface area contributed by atoms with Crippen molar-refractivity contribution in [3.8, 4) is 0 Å². The summed E-state index contributed by atoms with van der Waals surface area (Å²) in [6.45, 7) is 4.21. The van der Waals surface area contributed by atoms with Gasteiger partial charge in [-0.1, -0.05) is 6.07 Å². The standard InChI is InChI=1S/C14H20N2O/c1-10-4-3-5-12(15-10)9-16-8-11-6-7-13(16)14(11)17-2/h3-5,11,13-14H,6-9H2,1-2H3/t11-,13+,14-/m0/s1. The number of ether oxygens (including phenoxy) is 1. The second-order valence-electron chi connectivity index (χ2n) is 5.30. The van der Waals surface area contributed by atoms with Crippen LogP contribution in [0.4, 0.5) is 0 Å². The first-order chi connectivity index (χ1) is 8.28. The fourth-order valence-electron chi connectivity index (χ4n) is 3.48. The van der Waals surface area contributed by atoms with Crippen molar-refractivity contribution in [1.82, 2.24) is 9.88 Å². The largest absolute Gasteiger partial charge is 0.379 e. The summed E-state index contributed by atoms with van der Waals surface area (Å²) in [7, 11) is 1.85. The molecule has 2 bridgehead atoms. The van der Waals surface area contributed by atoms with Crippen LogP contribution in [0.3, 0.4) is 0 Å². The second-order valence-corrected chi connectivity index (χ2v) is 5.30. The Hall–Kier alpha value is -0.930. The van der Waals surface area contributed by atoms with Gasteiger partial charge < -0.3 is 4.74 Å². The van der Waals surface area contributed by atoms with Crippen molar-refractivity contribution in [2.75, 3.05) is 13.7 Å². The average Bonchev–Trinajstić information content (AvgIpc) is 2.85.